The summed E-state index contributed by atoms with van der Waals surface area (Å²) < 4.78 is 0. The molecule has 0 aromatic carbocycles. The van der Waals surface area contributed by atoms with Gasteiger partial charge in [0.05, 0.1) is 0 Å². The maximum absolute atomic E-state index is 3.84. The largest absolute Gasteiger partial charge is 0.372 e. The Bertz CT molecular complexity index is 164. The van der Waals surface area contributed by atoms with Gasteiger partial charge in [0, 0.05) is 18.8 Å². The fourth-order valence-electron chi connectivity index (χ4n) is 1.70. The molecule has 0 aromatic rings. The van der Waals surface area contributed by atoms with Crippen molar-refractivity contribution in [1.82, 2.24) is 4.90 Å². The number of rotatable bonds is 3. The third-order valence-corrected chi connectivity index (χ3v) is 2.34. The van der Waals surface area contributed by atoms with Crippen molar-refractivity contribution in [3.05, 3.63) is 24.4 Å². The average Bonchev–Trinajstić information content (AvgIpc) is 2.15. The lowest BCUT2D eigenvalue weighted by Crippen LogP contribution is -2.28. The molecule has 1 nitrogen and oxygen atoms in total. The predicted octanol–water partition coefficient (Wildman–Crippen LogP) is 2.95. The zero-order chi connectivity index (χ0) is 8.81. The van der Waals surface area contributed by atoms with Crippen LogP contribution in [0.3, 0.4) is 0 Å². The SMILES string of the molecule is C=C/C(=C\CC)N1CCCCC1. The molecule has 0 aliphatic carbocycles. The standard InChI is InChI=1S/C11H19N/c1-3-8-11(4-2)12-9-6-5-7-10-12/h4,8H,2-3,5-7,9-10H2,1H3/b11-8+. The maximum Gasteiger partial charge on any atom is 0.0319 e. The van der Waals surface area contributed by atoms with Crippen molar-refractivity contribution in [2.24, 2.45) is 0 Å². The first kappa shape index (κ1) is 9.37. The molecule has 0 aromatic heterocycles. The molecule has 68 valence electrons. The van der Waals surface area contributed by atoms with Gasteiger partial charge in [0.2, 0.25) is 0 Å². The van der Waals surface area contributed by atoms with Gasteiger partial charge in [-0.2, -0.15) is 0 Å². The van der Waals surface area contributed by atoms with Gasteiger partial charge in [0.15, 0.2) is 0 Å². The van der Waals surface area contributed by atoms with Crippen molar-refractivity contribution in [1.29, 1.82) is 0 Å². The minimum Gasteiger partial charge on any atom is -0.372 e. The summed E-state index contributed by atoms with van der Waals surface area (Å²) in [5.74, 6) is 0. The summed E-state index contributed by atoms with van der Waals surface area (Å²) in [6.07, 6.45) is 9.43. The molecule has 1 rings (SSSR count). The van der Waals surface area contributed by atoms with Gasteiger partial charge in [-0.1, -0.05) is 19.6 Å². The molecule has 1 aliphatic rings. The number of likely N-dealkylation sites (tertiary alicyclic amines) is 1. The molecule has 0 bridgehead atoms. The van der Waals surface area contributed by atoms with Gasteiger partial charge in [0.1, 0.15) is 0 Å². The smallest absolute Gasteiger partial charge is 0.0319 e. The highest BCUT2D eigenvalue weighted by Gasteiger charge is 2.09. The molecule has 0 radical (unpaired) electrons. The van der Waals surface area contributed by atoms with Gasteiger partial charge in [-0.15, -0.1) is 0 Å². The molecule has 1 aliphatic heterocycles. The van der Waals surface area contributed by atoms with E-state index < -0.39 is 0 Å². The molecule has 0 amide bonds. The quantitative estimate of drug-likeness (QED) is 0.581. The van der Waals surface area contributed by atoms with Crippen LogP contribution in [0.2, 0.25) is 0 Å². The zero-order valence-corrected chi connectivity index (χ0v) is 8.05. The topological polar surface area (TPSA) is 3.24 Å². The first-order valence-electron chi connectivity index (χ1n) is 4.96. The van der Waals surface area contributed by atoms with Crippen LogP contribution in [-0.2, 0) is 0 Å². The van der Waals surface area contributed by atoms with E-state index in [0.717, 1.165) is 6.42 Å². The van der Waals surface area contributed by atoms with Crippen LogP contribution in [0.15, 0.2) is 24.4 Å². The Balaban J connectivity index is 2.51. The Labute approximate surface area is 75.8 Å². The third kappa shape index (κ3) is 2.40. The van der Waals surface area contributed by atoms with Gasteiger partial charge in [0.25, 0.3) is 0 Å². The Morgan fingerprint density at radius 2 is 2.00 bits per heavy atom. The Kier molecular flexibility index (Phi) is 3.92. The molecule has 0 spiro atoms. The predicted molar refractivity (Wildman–Crippen MR) is 54.0 cm³/mol. The number of hydrogen-bond acceptors (Lipinski definition) is 1. The summed E-state index contributed by atoms with van der Waals surface area (Å²) in [4.78, 5) is 2.44. The summed E-state index contributed by atoms with van der Waals surface area (Å²) in [7, 11) is 0. The van der Waals surface area contributed by atoms with Crippen molar-refractivity contribution >= 4 is 0 Å². The van der Waals surface area contributed by atoms with Gasteiger partial charge in [-0.05, 0) is 31.8 Å². The number of nitrogens with zero attached hydrogens (tertiary/aromatic N) is 1. The summed E-state index contributed by atoms with van der Waals surface area (Å²) >= 11 is 0. The van der Waals surface area contributed by atoms with Crippen molar-refractivity contribution in [3.8, 4) is 0 Å². The number of allylic oxidation sites excluding steroid dienone is 2. The second-order valence-corrected chi connectivity index (χ2v) is 3.29. The molecule has 1 heteroatoms. The highest BCUT2D eigenvalue weighted by molar-refractivity contribution is 5.15. The van der Waals surface area contributed by atoms with Crippen LogP contribution in [-0.4, -0.2) is 18.0 Å². The monoisotopic (exact) mass is 165 g/mol. The van der Waals surface area contributed by atoms with E-state index in [9.17, 15) is 0 Å². The zero-order valence-electron chi connectivity index (χ0n) is 8.05. The second-order valence-electron chi connectivity index (χ2n) is 3.29. The van der Waals surface area contributed by atoms with E-state index in [1.807, 2.05) is 6.08 Å². The first-order chi connectivity index (χ1) is 5.88. The van der Waals surface area contributed by atoms with Crippen LogP contribution in [0.5, 0.6) is 0 Å². The van der Waals surface area contributed by atoms with Gasteiger partial charge >= 0.3 is 0 Å². The lowest BCUT2D eigenvalue weighted by molar-refractivity contribution is 0.292. The minimum atomic E-state index is 1.11. The minimum absolute atomic E-state index is 1.11. The van der Waals surface area contributed by atoms with Crippen molar-refractivity contribution in [2.45, 2.75) is 32.6 Å². The van der Waals surface area contributed by atoms with Crippen LogP contribution in [0.1, 0.15) is 32.6 Å². The number of piperidine rings is 1. The summed E-state index contributed by atoms with van der Waals surface area (Å²) in [6.45, 7) is 8.46. The second kappa shape index (κ2) is 5.02. The number of hydrogen-bond donors (Lipinski definition) is 0. The van der Waals surface area contributed by atoms with E-state index in [1.165, 1.54) is 38.0 Å². The molecular weight excluding hydrogens is 146 g/mol. The summed E-state index contributed by atoms with van der Waals surface area (Å²) in [6, 6.07) is 0. The van der Waals surface area contributed by atoms with E-state index in [2.05, 4.69) is 24.5 Å². The Morgan fingerprint density at radius 1 is 1.33 bits per heavy atom. The van der Waals surface area contributed by atoms with Crippen molar-refractivity contribution < 1.29 is 0 Å². The highest BCUT2D eigenvalue weighted by atomic mass is 15.1. The average molecular weight is 165 g/mol. The van der Waals surface area contributed by atoms with Gasteiger partial charge < -0.3 is 4.90 Å². The van der Waals surface area contributed by atoms with E-state index >= 15 is 0 Å². The van der Waals surface area contributed by atoms with Crippen LogP contribution in [0, 0.1) is 0 Å². The third-order valence-electron chi connectivity index (χ3n) is 2.34. The molecule has 1 heterocycles. The van der Waals surface area contributed by atoms with Crippen LogP contribution in [0.25, 0.3) is 0 Å². The van der Waals surface area contributed by atoms with Gasteiger partial charge in [-0.3, -0.25) is 0 Å². The van der Waals surface area contributed by atoms with Gasteiger partial charge in [-0.25, -0.2) is 0 Å². The fourth-order valence-corrected chi connectivity index (χ4v) is 1.70. The van der Waals surface area contributed by atoms with E-state index in [4.69, 9.17) is 0 Å². The molecule has 0 N–H and O–H groups in total. The Morgan fingerprint density at radius 3 is 2.50 bits per heavy atom. The van der Waals surface area contributed by atoms with Crippen LogP contribution >= 0.6 is 0 Å². The van der Waals surface area contributed by atoms with Crippen LogP contribution < -0.4 is 0 Å². The molecule has 12 heavy (non-hydrogen) atoms. The Hall–Kier alpha value is -0.720. The first-order valence-corrected chi connectivity index (χ1v) is 4.96. The van der Waals surface area contributed by atoms with Crippen molar-refractivity contribution in [3.63, 3.8) is 0 Å². The maximum atomic E-state index is 3.84. The molecule has 0 unspecified atom stereocenters. The summed E-state index contributed by atoms with van der Waals surface area (Å²) in [5.41, 5.74) is 1.33. The fraction of sp³-hybridized carbons (Fsp3) is 0.636. The van der Waals surface area contributed by atoms with Crippen LogP contribution in [0.4, 0.5) is 0 Å². The molecular formula is C11H19N. The van der Waals surface area contributed by atoms with E-state index in [-0.39, 0.29) is 0 Å². The lowest BCUT2D eigenvalue weighted by atomic mass is 10.1. The normalized spacial score (nSPS) is 19.4. The lowest BCUT2D eigenvalue weighted by Gasteiger charge is -2.29. The highest BCUT2D eigenvalue weighted by Crippen LogP contribution is 2.15. The van der Waals surface area contributed by atoms with Crippen molar-refractivity contribution in [2.75, 3.05) is 13.1 Å². The van der Waals surface area contributed by atoms with E-state index in [1.54, 1.807) is 0 Å². The molecule has 1 saturated heterocycles. The molecule has 0 atom stereocenters. The summed E-state index contributed by atoms with van der Waals surface area (Å²) in [5, 5.41) is 0. The molecule has 0 saturated carbocycles. The molecule has 1 fully saturated rings. The van der Waals surface area contributed by atoms with E-state index in [0.29, 0.717) is 0 Å².